The Balaban J connectivity index is 1.16. The molecule has 8 rings (SSSR count). The van der Waals surface area contributed by atoms with Crippen molar-refractivity contribution >= 4 is 44.7 Å². The highest BCUT2D eigenvalue weighted by Crippen LogP contribution is 2.46. The first-order chi connectivity index (χ1) is 29.4. The monoisotopic (exact) mass is 860 g/mol. The van der Waals surface area contributed by atoms with Crippen LogP contribution in [-0.4, -0.2) is 116 Å². The van der Waals surface area contributed by atoms with Crippen LogP contribution in [0.25, 0.3) is 10.9 Å². The molecular formula is C45H60N6O9S. The molecule has 330 valence electrons. The van der Waals surface area contributed by atoms with Crippen LogP contribution in [0.1, 0.15) is 89.0 Å². The molecule has 15 nitrogen and oxygen atoms in total. The molecule has 0 radical (unpaired) electrons. The van der Waals surface area contributed by atoms with Crippen LogP contribution < -0.4 is 24.8 Å². The number of carbonyl (C=O) groups excluding carboxylic acids is 4. The smallest absolute Gasteiger partial charge is 0.408 e. The SMILES string of the molecule is C=C[C@@H]1CC1(NC(=O)[C@@H]1C[C@@H]2CN1C(=O)[C@H](C1CCCC1)NC(=O)O[C@@H]1CCC[C@H]1CC/C=C/Cc1c(nc3ccccc3c1OCCN(C)C)O2)C(=O)NS(=O)(=O)C1CC1. The number of nitrogens with one attached hydrogen (secondary N) is 3. The van der Waals surface area contributed by atoms with E-state index in [0.717, 1.165) is 68.7 Å². The van der Waals surface area contributed by atoms with Crippen molar-refractivity contribution in [1.29, 1.82) is 0 Å². The lowest BCUT2D eigenvalue weighted by Crippen LogP contribution is -2.59. The molecule has 0 spiro atoms. The largest absolute Gasteiger partial charge is 0.491 e. The number of fused-ring (bicyclic) bond motifs is 5. The number of hydrogen-bond donors (Lipinski definition) is 3. The summed E-state index contributed by atoms with van der Waals surface area (Å²) in [6.45, 7) is 4.93. The van der Waals surface area contributed by atoms with Crippen LogP contribution in [-0.2, 0) is 35.6 Å². The molecule has 4 aliphatic carbocycles. The lowest BCUT2D eigenvalue weighted by molar-refractivity contribution is -0.142. The topological polar surface area (TPSA) is 186 Å². The van der Waals surface area contributed by atoms with Gasteiger partial charge in [-0.15, -0.1) is 6.58 Å². The number of hydrogen-bond acceptors (Lipinski definition) is 11. The van der Waals surface area contributed by atoms with Gasteiger partial charge in [0.1, 0.15) is 42.2 Å². The average Bonchev–Trinajstić information content (AvgIpc) is 4.02. The van der Waals surface area contributed by atoms with Crippen molar-refractivity contribution in [2.45, 2.75) is 125 Å². The highest BCUT2D eigenvalue weighted by atomic mass is 32.2. The Hall–Kier alpha value is -4.70. The predicted octanol–water partition coefficient (Wildman–Crippen LogP) is 4.54. The summed E-state index contributed by atoms with van der Waals surface area (Å²) in [5.74, 6) is -1.40. The van der Waals surface area contributed by atoms with Gasteiger partial charge in [-0.1, -0.05) is 43.2 Å². The highest BCUT2D eigenvalue weighted by Gasteiger charge is 2.62. The first-order valence-electron chi connectivity index (χ1n) is 22.2. The third-order valence-corrected chi connectivity index (χ3v) is 15.3. The van der Waals surface area contributed by atoms with Gasteiger partial charge in [-0.3, -0.25) is 19.1 Å². The number of aromatic nitrogens is 1. The Morgan fingerprint density at radius 2 is 1.80 bits per heavy atom. The van der Waals surface area contributed by atoms with E-state index in [1.807, 2.05) is 43.3 Å². The maximum Gasteiger partial charge on any atom is 0.408 e. The van der Waals surface area contributed by atoms with Gasteiger partial charge in [0.05, 0.1) is 22.9 Å². The van der Waals surface area contributed by atoms with Crippen molar-refractivity contribution in [3.8, 4) is 11.6 Å². The number of ether oxygens (including phenoxy) is 3. The van der Waals surface area contributed by atoms with Crippen LogP contribution in [0, 0.1) is 17.8 Å². The molecule has 3 N–H and O–H groups in total. The van der Waals surface area contributed by atoms with E-state index in [1.165, 1.54) is 11.0 Å². The number of allylic oxidation sites excluding steroid dienone is 2. The summed E-state index contributed by atoms with van der Waals surface area (Å²) >= 11 is 0. The van der Waals surface area contributed by atoms with E-state index in [2.05, 4.69) is 34.1 Å². The quantitative estimate of drug-likeness (QED) is 0.270. The van der Waals surface area contributed by atoms with Gasteiger partial charge in [0.25, 0.3) is 5.91 Å². The Labute approximate surface area is 358 Å². The van der Waals surface area contributed by atoms with Crippen molar-refractivity contribution in [2.75, 3.05) is 33.8 Å². The van der Waals surface area contributed by atoms with E-state index in [4.69, 9.17) is 19.2 Å². The van der Waals surface area contributed by atoms with Crippen LogP contribution in [0.4, 0.5) is 4.79 Å². The third-order valence-electron chi connectivity index (χ3n) is 13.5. The van der Waals surface area contributed by atoms with Gasteiger partial charge in [-0.25, -0.2) is 18.2 Å². The summed E-state index contributed by atoms with van der Waals surface area (Å²) in [4.78, 5) is 65.6. The zero-order chi connectivity index (χ0) is 42.9. The van der Waals surface area contributed by atoms with Gasteiger partial charge < -0.3 is 34.6 Å². The molecule has 2 aliphatic heterocycles. The Morgan fingerprint density at radius 1 is 1.03 bits per heavy atom. The number of amides is 4. The minimum absolute atomic E-state index is 0.0116. The van der Waals surface area contributed by atoms with E-state index < -0.39 is 68.7 Å². The number of nitrogens with zero attached hydrogens (tertiary/aromatic N) is 3. The molecule has 61 heavy (non-hydrogen) atoms. The lowest BCUT2D eigenvalue weighted by Gasteiger charge is -2.32. The van der Waals surface area contributed by atoms with Gasteiger partial charge in [0.15, 0.2) is 0 Å². The number of benzene rings is 1. The van der Waals surface area contributed by atoms with Gasteiger partial charge >= 0.3 is 6.09 Å². The van der Waals surface area contributed by atoms with Crippen molar-refractivity contribution in [2.24, 2.45) is 17.8 Å². The molecular weight excluding hydrogens is 801 g/mol. The first-order valence-corrected chi connectivity index (χ1v) is 23.7. The standard InChI is InChI=1S/C45H60N6O9S/c1-4-30-26-45(30,43(54)49-61(56,57)32-21-22-32)48-40(52)36-25-31-27-51(36)42(53)38(29-14-8-9-15-29)47-44(55)60-37-20-12-16-28(37)13-6-5-7-18-34-39(58-24-23-50(2)3)33-17-10-11-19-35(33)46-41(34)59-31/h4-5,7,10-11,17,19,28-32,36-38H,1,6,8-9,12-16,18,20-27H2,2-3H3,(H,47,55)(H,48,52)(H,49,54)/b7-5+/t28-,30-,31-,36+,37-,38+,45?/m1/s1. The van der Waals surface area contributed by atoms with E-state index >= 15 is 4.79 Å². The number of rotatable bonds is 11. The summed E-state index contributed by atoms with van der Waals surface area (Å²) in [7, 11) is 0.0588. The average molecular weight is 861 g/mol. The molecule has 1 saturated heterocycles. The fraction of sp³-hybridized carbons (Fsp3) is 0.622. The van der Waals surface area contributed by atoms with Crippen LogP contribution in [0.15, 0.2) is 49.1 Å². The number of pyridine rings is 1. The van der Waals surface area contributed by atoms with Crippen LogP contribution in [0.2, 0.25) is 0 Å². The van der Waals surface area contributed by atoms with Gasteiger partial charge in [-0.05, 0) is 109 Å². The molecule has 1 aromatic carbocycles. The predicted molar refractivity (Wildman–Crippen MR) is 228 cm³/mol. The minimum Gasteiger partial charge on any atom is -0.491 e. The zero-order valence-electron chi connectivity index (χ0n) is 35.3. The van der Waals surface area contributed by atoms with Gasteiger partial charge in [-0.2, -0.15) is 0 Å². The minimum atomic E-state index is -3.91. The molecule has 1 unspecified atom stereocenters. The van der Waals surface area contributed by atoms with E-state index in [1.54, 1.807) is 0 Å². The van der Waals surface area contributed by atoms with E-state index in [-0.39, 0.29) is 37.3 Å². The van der Waals surface area contributed by atoms with Crippen molar-refractivity contribution in [1.82, 2.24) is 30.1 Å². The molecule has 2 bridgehead atoms. The van der Waals surface area contributed by atoms with Crippen molar-refractivity contribution < 1.29 is 41.8 Å². The maximum atomic E-state index is 15.0. The summed E-state index contributed by atoms with van der Waals surface area (Å²) in [5, 5.41) is 6.04. The van der Waals surface area contributed by atoms with Crippen molar-refractivity contribution in [3.05, 3.63) is 54.6 Å². The van der Waals surface area contributed by atoms with E-state index in [0.29, 0.717) is 49.6 Å². The zero-order valence-corrected chi connectivity index (χ0v) is 36.1. The summed E-state index contributed by atoms with van der Waals surface area (Å²) in [6.07, 6.45) is 13.2. The molecule has 7 atom stereocenters. The molecule has 6 aliphatic rings. The molecule has 16 heteroatoms. The summed E-state index contributed by atoms with van der Waals surface area (Å²) in [5.41, 5.74) is -0.135. The maximum absolute atomic E-state index is 15.0. The summed E-state index contributed by atoms with van der Waals surface area (Å²) < 4.78 is 47.4. The fourth-order valence-corrected chi connectivity index (χ4v) is 11.2. The van der Waals surface area contributed by atoms with Crippen molar-refractivity contribution in [3.63, 3.8) is 0 Å². The molecule has 3 heterocycles. The van der Waals surface area contributed by atoms with Gasteiger partial charge in [0, 0.05) is 24.3 Å². The molecule has 4 saturated carbocycles. The number of carbonyl (C=O) groups is 4. The molecule has 4 amide bonds. The first kappa shape index (κ1) is 43.0. The van der Waals surface area contributed by atoms with Crippen LogP contribution in [0.3, 0.4) is 0 Å². The molecule has 5 fully saturated rings. The fourth-order valence-electron chi connectivity index (χ4n) is 9.79. The molecule has 2 aromatic rings. The highest BCUT2D eigenvalue weighted by molar-refractivity contribution is 7.91. The normalized spacial score (nSPS) is 30.2. The Bertz CT molecular complexity index is 2150. The molecule has 1 aromatic heterocycles. The lowest BCUT2D eigenvalue weighted by atomic mass is 9.96. The third kappa shape index (κ3) is 9.40. The Kier molecular flexibility index (Phi) is 12.6. The number of likely N-dealkylation sites (N-methyl/N-ethyl adjacent to an activating group) is 1. The number of sulfonamides is 1. The number of para-hydroxylation sites is 1. The Morgan fingerprint density at radius 3 is 2.54 bits per heavy atom. The second-order valence-electron chi connectivity index (χ2n) is 18.1. The van der Waals surface area contributed by atoms with Crippen LogP contribution in [0.5, 0.6) is 11.6 Å². The van der Waals surface area contributed by atoms with Crippen LogP contribution >= 0.6 is 0 Å². The summed E-state index contributed by atoms with van der Waals surface area (Å²) in [6, 6.07) is 5.63. The number of alkyl carbamates (subject to hydrolysis) is 1. The van der Waals surface area contributed by atoms with Gasteiger partial charge in [0.2, 0.25) is 27.7 Å². The second kappa shape index (κ2) is 18.0. The van der Waals surface area contributed by atoms with E-state index in [9.17, 15) is 22.8 Å². The second-order valence-corrected chi connectivity index (χ2v) is 20.1.